The highest BCUT2D eigenvalue weighted by Crippen LogP contribution is 2.31. The number of nitrogens with one attached hydrogen (secondary N) is 2. The van der Waals surface area contributed by atoms with E-state index in [0.717, 1.165) is 5.56 Å². The predicted octanol–water partition coefficient (Wildman–Crippen LogP) is 2.89. The molecule has 3 heterocycles. The van der Waals surface area contributed by atoms with Crippen LogP contribution < -0.4 is 20.3 Å². The normalized spacial score (nSPS) is 19.3. The molecule has 2 fully saturated rings. The second-order valence-corrected chi connectivity index (χ2v) is 8.93. The van der Waals surface area contributed by atoms with Crippen molar-refractivity contribution < 1.29 is 14.3 Å². The number of nitrogens with zero attached hydrogens (tertiary/aromatic N) is 4. The third kappa shape index (κ3) is 5.25. The Kier molecular flexibility index (Phi) is 7.09. The number of carbonyl (C=O) groups is 2. The summed E-state index contributed by atoms with van der Waals surface area (Å²) < 4.78 is 5.44. The highest BCUT2D eigenvalue weighted by molar-refractivity contribution is 6.35. The van der Waals surface area contributed by atoms with E-state index in [1.54, 1.807) is 30.3 Å². The largest absolute Gasteiger partial charge is 0.491 e. The molecule has 1 aromatic heterocycles. The molecule has 0 spiro atoms. The molecule has 4 rings (SSSR count). The molecule has 176 valence electrons. The van der Waals surface area contributed by atoms with Gasteiger partial charge in [-0.3, -0.25) is 9.59 Å². The van der Waals surface area contributed by atoms with Crippen LogP contribution in [0.2, 0.25) is 10.0 Å². The summed E-state index contributed by atoms with van der Waals surface area (Å²) in [6.45, 7) is 4.25. The van der Waals surface area contributed by atoms with E-state index in [4.69, 9.17) is 27.9 Å². The number of piperazine rings is 1. The molecule has 2 N–H and O–H groups in total. The summed E-state index contributed by atoms with van der Waals surface area (Å²) in [5, 5.41) is 7.24. The van der Waals surface area contributed by atoms with Gasteiger partial charge in [-0.15, -0.1) is 0 Å². The van der Waals surface area contributed by atoms with Crippen molar-refractivity contribution >= 4 is 46.8 Å². The number of amides is 2. The van der Waals surface area contributed by atoms with Gasteiger partial charge < -0.3 is 25.2 Å². The standard InChI is InChI=1S/C22H26Cl2N6O3/c1-13(15-4-3-14(23)11-16(15)24)26-20-18(33-2)12-25-22(28-20)30-9-7-29(8-10-30)21(32)17-5-6-19(31)27-17/h3-4,11-13,17H,5-10H2,1-2H3,(H,27,31)(H,25,26,28)/t13-,17-/m1/s1. The Balaban J connectivity index is 1.43. The number of anilines is 2. The van der Waals surface area contributed by atoms with Crippen LogP contribution >= 0.6 is 23.2 Å². The van der Waals surface area contributed by atoms with Gasteiger partial charge in [0.25, 0.3) is 0 Å². The molecule has 11 heteroatoms. The maximum atomic E-state index is 12.6. The molecule has 2 saturated heterocycles. The zero-order valence-corrected chi connectivity index (χ0v) is 20.0. The minimum atomic E-state index is -0.404. The van der Waals surface area contributed by atoms with Gasteiger partial charge in [-0.25, -0.2) is 4.98 Å². The number of carbonyl (C=O) groups excluding carboxylic acids is 2. The summed E-state index contributed by atoms with van der Waals surface area (Å²) in [6.07, 6.45) is 2.60. The van der Waals surface area contributed by atoms with E-state index < -0.39 is 6.04 Å². The Morgan fingerprint density at radius 2 is 2.03 bits per heavy atom. The Morgan fingerprint density at radius 1 is 1.27 bits per heavy atom. The van der Waals surface area contributed by atoms with Crippen molar-refractivity contribution in [2.24, 2.45) is 0 Å². The van der Waals surface area contributed by atoms with Crippen molar-refractivity contribution in [2.45, 2.75) is 31.8 Å². The third-order valence-electron chi connectivity index (χ3n) is 5.91. The maximum Gasteiger partial charge on any atom is 0.245 e. The molecule has 0 aliphatic carbocycles. The van der Waals surface area contributed by atoms with E-state index in [2.05, 4.69) is 20.6 Å². The Morgan fingerprint density at radius 3 is 2.67 bits per heavy atom. The van der Waals surface area contributed by atoms with Gasteiger partial charge in [0.15, 0.2) is 11.6 Å². The monoisotopic (exact) mass is 492 g/mol. The number of ether oxygens (including phenoxy) is 1. The molecule has 2 atom stereocenters. The van der Waals surface area contributed by atoms with Gasteiger partial charge in [-0.2, -0.15) is 4.98 Å². The highest BCUT2D eigenvalue weighted by atomic mass is 35.5. The van der Waals surface area contributed by atoms with Crippen LogP contribution in [0.1, 0.15) is 31.4 Å². The summed E-state index contributed by atoms with van der Waals surface area (Å²) in [6, 6.07) is 4.82. The van der Waals surface area contributed by atoms with Crippen LogP contribution in [0.15, 0.2) is 24.4 Å². The fraction of sp³-hybridized carbons (Fsp3) is 0.455. The number of hydrogen-bond donors (Lipinski definition) is 2. The number of hydrogen-bond acceptors (Lipinski definition) is 7. The number of halogens is 2. The molecule has 1 aromatic carbocycles. The lowest BCUT2D eigenvalue weighted by Gasteiger charge is -2.36. The average molecular weight is 493 g/mol. The van der Waals surface area contributed by atoms with Gasteiger partial charge in [0.1, 0.15) is 6.04 Å². The van der Waals surface area contributed by atoms with Crippen LogP contribution in [-0.2, 0) is 9.59 Å². The second kappa shape index (κ2) is 10.0. The van der Waals surface area contributed by atoms with Crippen LogP contribution in [0, 0.1) is 0 Å². The fourth-order valence-electron chi connectivity index (χ4n) is 4.05. The Labute approximate surface area is 202 Å². The quantitative estimate of drug-likeness (QED) is 0.639. The lowest BCUT2D eigenvalue weighted by Crippen LogP contribution is -2.53. The molecular weight excluding hydrogens is 467 g/mol. The molecule has 9 nitrogen and oxygen atoms in total. The SMILES string of the molecule is COc1cnc(N2CCN(C(=O)[C@H]3CCC(=O)N3)CC2)nc1N[C@H](C)c1ccc(Cl)cc1Cl. The minimum Gasteiger partial charge on any atom is -0.491 e. The van der Waals surface area contributed by atoms with Crippen molar-refractivity contribution in [3.8, 4) is 5.75 Å². The minimum absolute atomic E-state index is 0.0211. The van der Waals surface area contributed by atoms with Crippen molar-refractivity contribution in [3.05, 3.63) is 40.0 Å². The first-order valence-electron chi connectivity index (χ1n) is 10.8. The molecule has 0 saturated carbocycles. The van der Waals surface area contributed by atoms with Crippen LogP contribution in [-0.4, -0.2) is 66.0 Å². The van der Waals surface area contributed by atoms with Crippen LogP contribution in [0.5, 0.6) is 5.75 Å². The Bertz CT molecular complexity index is 1040. The molecule has 0 unspecified atom stereocenters. The summed E-state index contributed by atoms with van der Waals surface area (Å²) in [5.74, 6) is 1.53. The third-order valence-corrected chi connectivity index (χ3v) is 6.47. The van der Waals surface area contributed by atoms with Gasteiger partial charge in [0.2, 0.25) is 17.8 Å². The smallest absolute Gasteiger partial charge is 0.245 e. The fourth-order valence-corrected chi connectivity index (χ4v) is 4.62. The van der Waals surface area contributed by atoms with Crippen molar-refractivity contribution in [3.63, 3.8) is 0 Å². The van der Waals surface area contributed by atoms with Gasteiger partial charge in [-0.05, 0) is 31.0 Å². The molecule has 2 aromatic rings. The van der Waals surface area contributed by atoms with E-state index in [9.17, 15) is 9.59 Å². The number of aromatic nitrogens is 2. The topological polar surface area (TPSA) is 99.7 Å². The van der Waals surface area contributed by atoms with E-state index >= 15 is 0 Å². The molecule has 2 aliphatic rings. The van der Waals surface area contributed by atoms with Crippen molar-refractivity contribution in [1.29, 1.82) is 0 Å². The van der Waals surface area contributed by atoms with E-state index in [1.807, 2.05) is 17.9 Å². The first-order chi connectivity index (χ1) is 15.9. The van der Waals surface area contributed by atoms with Gasteiger partial charge in [0.05, 0.1) is 19.3 Å². The van der Waals surface area contributed by atoms with Gasteiger partial charge in [-0.1, -0.05) is 29.3 Å². The summed E-state index contributed by atoms with van der Waals surface area (Å²) in [4.78, 5) is 37.0. The summed E-state index contributed by atoms with van der Waals surface area (Å²) in [7, 11) is 1.57. The zero-order chi connectivity index (χ0) is 23.5. The first kappa shape index (κ1) is 23.4. The van der Waals surface area contributed by atoms with Crippen LogP contribution in [0.3, 0.4) is 0 Å². The first-order valence-corrected chi connectivity index (χ1v) is 11.6. The zero-order valence-electron chi connectivity index (χ0n) is 18.5. The van der Waals surface area contributed by atoms with Crippen LogP contribution in [0.25, 0.3) is 0 Å². The van der Waals surface area contributed by atoms with Crippen LogP contribution in [0.4, 0.5) is 11.8 Å². The van der Waals surface area contributed by atoms with E-state index in [-0.39, 0.29) is 17.9 Å². The molecular formula is C22H26Cl2N6O3. The van der Waals surface area contributed by atoms with Crippen molar-refractivity contribution in [2.75, 3.05) is 43.5 Å². The van der Waals surface area contributed by atoms with Crippen molar-refractivity contribution in [1.82, 2.24) is 20.2 Å². The molecule has 2 aliphatic heterocycles. The summed E-state index contributed by atoms with van der Waals surface area (Å²) in [5.41, 5.74) is 0.884. The predicted molar refractivity (Wildman–Crippen MR) is 127 cm³/mol. The molecule has 2 amide bonds. The highest BCUT2D eigenvalue weighted by Gasteiger charge is 2.32. The van der Waals surface area contributed by atoms with E-state index in [0.29, 0.717) is 66.6 Å². The number of methoxy groups -OCH3 is 1. The lowest BCUT2D eigenvalue weighted by molar-refractivity contribution is -0.134. The maximum absolute atomic E-state index is 12.6. The van der Waals surface area contributed by atoms with Gasteiger partial charge >= 0.3 is 0 Å². The van der Waals surface area contributed by atoms with E-state index in [1.165, 1.54) is 0 Å². The summed E-state index contributed by atoms with van der Waals surface area (Å²) >= 11 is 12.4. The molecule has 0 radical (unpaired) electrons. The van der Waals surface area contributed by atoms with Gasteiger partial charge in [0, 0.05) is 42.6 Å². The number of rotatable bonds is 6. The lowest BCUT2D eigenvalue weighted by atomic mass is 10.1. The second-order valence-electron chi connectivity index (χ2n) is 8.09. The Hall–Kier alpha value is -2.78. The number of benzene rings is 1. The molecule has 33 heavy (non-hydrogen) atoms. The average Bonchev–Trinajstić information content (AvgIpc) is 3.25. The molecule has 0 bridgehead atoms.